The lowest BCUT2D eigenvalue weighted by Gasteiger charge is -2.47. The molecule has 1 saturated heterocycles. The lowest BCUT2D eigenvalue weighted by Crippen LogP contribution is -2.46. The van der Waals surface area contributed by atoms with E-state index in [2.05, 4.69) is 75.6 Å². The minimum absolute atomic E-state index is 0.442. The van der Waals surface area contributed by atoms with Crippen LogP contribution in [0.15, 0.2) is 48.5 Å². The van der Waals surface area contributed by atoms with Gasteiger partial charge in [0.25, 0.3) is 0 Å². The number of H-pyrrole nitrogens is 2. The molecule has 33 heavy (non-hydrogen) atoms. The molecule has 3 N–H and O–H groups in total. The summed E-state index contributed by atoms with van der Waals surface area (Å²) in [4.78, 5) is 10.4. The molecule has 4 unspecified atom stereocenters. The maximum absolute atomic E-state index is 3.89. The summed E-state index contributed by atoms with van der Waals surface area (Å²) in [6.07, 6.45) is 6.09. The van der Waals surface area contributed by atoms with Gasteiger partial charge in [-0.3, -0.25) is 4.90 Å². The van der Waals surface area contributed by atoms with Crippen LogP contribution in [-0.2, 0) is 12.8 Å². The van der Waals surface area contributed by atoms with Gasteiger partial charge in [0.2, 0.25) is 0 Å². The molecule has 0 bridgehead atoms. The summed E-state index contributed by atoms with van der Waals surface area (Å²) < 4.78 is 0. The highest BCUT2D eigenvalue weighted by Gasteiger charge is 2.41. The first-order chi connectivity index (χ1) is 16.3. The second-order valence-electron chi connectivity index (χ2n) is 10.5. The number of benzene rings is 2. The van der Waals surface area contributed by atoms with Crippen LogP contribution < -0.4 is 5.32 Å². The number of hydrogen-bond donors (Lipinski definition) is 3. The van der Waals surface area contributed by atoms with Crippen LogP contribution in [-0.4, -0.2) is 34.5 Å². The molecule has 5 heterocycles. The fourth-order valence-corrected chi connectivity index (χ4v) is 7.30. The molecule has 4 atom stereocenters. The molecule has 0 saturated carbocycles. The summed E-state index contributed by atoms with van der Waals surface area (Å²) in [7, 11) is 0. The Morgan fingerprint density at radius 2 is 1.55 bits per heavy atom. The number of hydrogen-bond acceptors (Lipinski definition) is 2. The average molecular weight is 439 g/mol. The molecular formula is C29H34N4. The van der Waals surface area contributed by atoms with Crippen molar-refractivity contribution in [1.82, 2.24) is 20.2 Å². The number of nitrogens with one attached hydrogen (secondary N) is 3. The molecule has 2 aromatic heterocycles. The van der Waals surface area contributed by atoms with Gasteiger partial charge >= 0.3 is 0 Å². The maximum Gasteiger partial charge on any atom is 0.0504 e. The van der Waals surface area contributed by atoms with Gasteiger partial charge in [-0.25, -0.2) is 0 Å². The first kappa shape index (κ1) is 19.9. The Morgan fingerprint density at radius 3 is 2.30 bits per heavy atom. The van der Waals surface area contributed by atoms with Gasteiger partial charge in [-0.05, 0) is 67.3 Å². The molecule has 0 spiro atoms. The van der Waals surface area contributed by atoms with Crippen molar-refractivity contribution in [1.29, 1.82) is 0 Å². The van der Waals surface area contributed by atoms with Crippen LogP contribution in [0.25, 0.3) is 21.8 Å². The van der Waals surface area contributed by atoms with Crippen LogP contribution in [0.5, 0.6) is 0 Å². The van der Waals surface area contributed by atoms with E-state index >= 15 is 0 Å². The monoisotopic (exact) mass is 438 g/mol. The van der Waals surface area contributed by atoms with E-state index < -0.39 is 0 Å². The Kier molecular flexibility index (Phi) is 4.66. The standard InChI is InChI=1S/C29H34N4/c1-2-18-17-33-14-12-23-21-8-4-6-10-25(21)32-29(23)27(33)16-19(18)15-26-28-22(11-13-30-26)20-7-3-5-9-24(20)31-28/h3-10,18-19,26-27,30-32H,2,11-17H2,1H3. The number of piperidine rings is 1. The number of rotatable bonds is 3. The zero-order valence-electron chi connectivity index (χ0n) is 19.5. The topological polar surface area (TPSA) is 46.9 Å². The van der Waals surface area contributed by atoms with Crippen molar-refractivity contribution >= 4 is 21.8 Å². The molecular weight excluding hydrogens is 404 g/mol. The van der Waals surface area contributed by atoms with Crippen molar-refractivity contribution < 1.29 is 0 Å². The first-order valence-corrected chi connectivity index (χ1v) is 13.0. The van der Waals surface area contributed by atoms with Crippen molar-refractivity contribution in [3.05, 3.63) is 71.0 Å². The predicted molar refractivity (Wildman–Crippen MR) is 136 cm³/mol. The minimum atomic E-state index is 0.442. The van der Waals surface area contributed by atoms with Crippen LogP contribution in [0, 0.1) is 11.8 Å². The molecule has 3 aliphatic rings. The van der Waals surface area contributed by atoms with E-state index in [-0.39, 0.29) is 0 Å². The van der Waals surface area contributed by atoms with Crippen molar-refractivity contribution in [3.8, 4) is 0 Å². The van der Waals surface area contributed by atoms with Gasteiger partial charge in [0.05, 0.1) is 6.04 Å². The maximum atomic E-state index is 3.89. The van der Waals surface area contributed by atoms with Crippen molar-refractivity contribution in [2.75, 3.05) is 19.6 Å². The van der Waals surface area contributed by atoms with Gasteiger partial charge in [0.1, 0.15) is 0 Å². The molecule has 0 amide bonds. The Labute approximate surface area is 195 Å². The van der Waals surface area contributed by atoms with Gasteiger partial charge in [0.15, 0.2) is 0 Å². The molecule has 7 rings (SSSR count). The van der Waals surface area contributed by atoms with Gasteiger partial charge < -0.3 is 15.3 Å². The third kappa shape index (κ3) is 3.11. The molecule has 170 valence electrons. The Balaban J connectivity index is 1.21. The average Bonchev–Trinajstić information content (AvgIpc) is 3.43. The van der Waals surface area contributed by atoms with E-state index in [1.54, 1.807) is 11.1 Å². The predicted octanol–water partition coefficient (Wildman–Crippen LogP) is 5.87. The molecule has 0 aliphatic carbocycles. The van der Waals surface area contributed by atoms with Crippen molar-refractivity contribution in [2.45, 2.75) is 51.1 Å². The molecule has 3 aliphatic heterocycles. The molecule has 4 nitrogen and oxygen atoms in total. The van der Waals surface area contributed by atoms with Crippen LogP contribution >= 0.6 is 0 Å². The first-order valence-electron chi connectivity index (χ1n) is 13.0. The Bertz CT molecular complexity index is 1310. The number of aromatic amines is 2. The zero-order chi connectivity index (χ0) is 21.9. The van der Waals surface area contributed by atoms with Gasteiger partial charge in [0, 0.05) is 52.3 Å². The summed E-state index contributed by atoms with van der Waals surface area (Å²) in [5.74, 6) is 1.52. The van der Waals surface area contributed by atoms with E-state index in [9.17, 15) is 0 Å². The molecule has 4 heteroatoms. The number of nitrogens with zero attached hydrogens (tertiary/aromatic N) is 1. The molecule has 0 radical (unpaired) electrons. The van der Waals surface area contributed by atoms with Crippen molar-refractivity contribution in [2.24, 2.45) is 11.8 Å². The van der Waals surface area contributed by atoms with Gasteiger partial charge in [-0.15, -0.1) is 0 Å². The second-order valence-corrected chi connectivity index (χ2v) is 10.5. The van der Waals surface area contributed by atoms with E-state index in [0.29, 0.717) is 12.1 Å². The second kappa shape index (κ2) is 7.75. The smallest absolute Gasteiger partial charge is 0.0504 e. The highest BCUT2D eigenvalue weighted by atomic mass is 15.2. The lowest BCUT2D eigenvalue weighted by atomic mass is 9.74. The summed E-state index contributed by atoms with van der Waals surface area (Å²) in [6, 6.07) is 18.7. The summed E-state index contributed by atoms with van der Waals surface area (Å²) in [5.41, 5.74) is 8.70. The summed E-state index contributed by atoms with van der Waals surface area (Å²) >= 11 is 0. The fourth-order valence-electron chi connectivity index (χ4n) is 7.30. The number of para-hydroxylation sites is 2. The molecule has 2 aromatic carbocycles. The fraction of sp³-hybridized carbons (Fsp3) is 0.448. The molecule has 4 aromatic rings. The highest BCUT2D eigenvalue weighted by molar-refractivity contribution is 5.86. The highest BCUT2D eigenvalue weighted by Crippen LogP contribution is 2.46. The third-order valence-electron chi connectivity index (χ3n) is 8.96. The van der Waals surface area contributed by atoms with Gasteiger partial charge in [-0.1, -0.05) is 49.7 Å². The van der Waals surface area contributed by atoms with Crippen LogP contribution in [0.3, 0.4) is 0 Å². The largest absolute Gasteiger partial charge is 0.357 e. The summed E-state index contributed by atoms with van der Waals surface area (Å²) in [5, 5.41) is 6.76. The zero-order valence-corrected chi connectivity index (χ0v) is 19.5. The van der Waals surface area contributed by atoms with Crippen molar-refractivity contribution in [3.63, 3.8) is 0 Å². The van der Waals surface area contributed by atoms with E-state index in [0.717, 1.165) is 24.8 Å². The number of aromatic nitrogens is 2. The molecule has 1 fully saturated rings. The SMILES string of the molecule is CCC1CN2CCc3c([nH]c4ccccc34)C2CC1CC1NCCc2c1[nH]c1ccccc21. The Hall–Kier alpha value is -2.56. The van der Waals surface area contributed by atoms with Crippen LogP contribution in [0.4, 0.5) is 0 Å². The number of fused-ring (bicyclic) bond motifs is 8. The van der Waals surface area contributed by atoms with E-state index in [1.807, 2.05) is 0 Å². The van der Waals surface area contributed by atoms with Crippen LogP contribution in [0.2, 0.25) is 0 Å². The van der Waals surface area contributed by atoms with E-state index in [4.69, 9.17) is 0 Å². The Morgan fingerprint density at radius 1 is 0.848 bits per heavy atom. The lowest BCUT2D eigenvalue weighted by molar-refractivity contribution is 0.0419. The minimum Gasteiger partial charge on any atom is -0.357 e. The quantitative estimate of drug-likeness (QED) is 0.374. The van der Waals surface area contributed by atoms with E-state index in [1.165, 1.54) is 72.0 Å². The summed E-state index contributed by atoms with van der Waals surface area (Å²) in [6.45, 7) is 5.94. The van der Waals surface area contributed by atoms with Crippen LogP contribution in [0.1, 0.15) is 60.8 Å². The van der Waals surface area contributed by atoms with Gasteiger partial charge in [-0.2, -0.15) is 0 Å². The third-order valence-corrected chi connectivity index (χ3v) is 8.96. The normalized spacial score (nSPS) is 27.4.